The van der Waals surface area contributed by atoms with Crippen LogP contribution in [0.1, 0.15) is 45.6 Å². The molecule has 6 heteroatoms. The summed E-state index contributed by atoms with van der Waals surface area (Å²) in [6.45, 7) is 9.73. The van der Waals surface area contributed by atoms with E-state index in [9.17, 15) is 8.42 Å². The molecule has 0 N–H and O–H groups in total. The molecule has 0 aliphatic carbocycles. The lowest BCUT2D eigenvalue weighted by Crippen LogP contribution is -2.42. The normalized spacial score (nSPS) is 22.5. The van der Waals surface area contributed by atoms with Gasteiger partial charge in [0.1, 0.15) is 10.6 Å². The van der Waals surface area contributed by atoms with E-state index in [1.54, 1.807) is 10.4 Å². The maximum atomic E-state index is 13.2. The second-order valence-electron chi connectivity index (χ2n) is 7.02. The molecule has 0 unspecified atom stereocenters. The highest BCUT2D eigenvalue weighted by molar-refractivity contribution is 7.89. The highest BCUT2D eigenvalue weighted by Crippen LogP contribution is 2.34. The van der Waals surface area contributed by atoms with Gasteiger partial charge in [0.2, 0.25) is 10.0 Å². The number of aryl methyl sites for hydroxylation is 1. The Balaban J connectivity index is 2.38. The Morgan fingerprint density at radius 3 is 2.46 bits per heavy atom. The van der Waals surface area contributed by atoms with E-state index < -0.39 is 10.0 Å². The number of rotatable bonds is 6. The molecule has 1 aliphatic rings. The van der Waals surface area contributed by atoms with E-state index in [1.807, 2.05) is 6.92 Å². The number of sulfonamides is 1. The van der Waals surface area contributed by atoms with E-state index in [2.05, 4.69) is 20.8 Å². The van der Waals surface area contributed by atoms with Crippen LogP contribution in [0.3, 0.4) is 0 Å². The number of ether oxygens (including phenoxy) is 1. The predicted octanol–water partition coefficient (Wildman–Crippen LogP) is 4.49. The lowest BCUT2D eigenvalue weighted by molar-refractivity contribution is 0.221. The monoisotopic (exact) mass is 373 g/mol. The molecule has 1 fully saturated rings. The zero-order valence-corrected chi connectivity index (χ0v) is 16.6. The Morgan fingerprint density at radius 2 is 1.88 bits per heavy atom. The summed E-state index contributed by atoms with van der Waals surface area (Å²) in [7, 11) is -3.61. The number of unbranched alkanes of at least 4 members (excludes halogenated alkanes) is 1. The van der Waals surface area contributed by atoms with E-state index in [1.165, 1.54) is 6.07 Å². The molecule has 1 saturated heterocycles. The van der Waals surface area contributed by atoms with Crippen molar-refractivity contribution in [1.29, 1.82) is 0 Å². The fraction of sp³-hybridized carbons (Fsp3) is 0.667. The van der Waals surface area contributed by atoms with Gasteiger partial charge in [-0.05, 0) is 49.3 Å². The van der Waals surface area contributed by atoms with Crippen molar-refractivity contribution in [3.63, 3.8) is 0 Å². The number of piperidine rings is 1. The third-order valence-electron chi connectivity index (χ3n) is 4.43. The molecule has 0 amide bonds. The molecule has 0 bridgehead atoms. The fourth-order valence-corrected chi connectivity index (χ4v) is 5.27. The van der Waals surface area contributed by atoms with Gasteiger partial charge in [0, 0.05) is 18.1 Å². The highest BCUT2D eigenvalue weighted by atomic mass is 35.5. The second kappa shape index (κ2) is 8.07. The summed E-state index contributed by atoms with van der Waals surface area (Å²) < 4.78 is 33.7. The average molecular weight is 374 g/mol. The van der Waals surface area contributed by atoms with Crippen molar-refractivity contribution >= 4 is 21.6 Å². The van der Waals surface area contributed by atoms with Crippen LogP contribution in [-0.4, -0.2) is 32.4 Å². The van der Waals surface area contributed by atoms with Gasteiger partial charge in [-0.15, -0.1) is 0 Å². The molecule has 2 rings (SSSR count). The van der Waals surface area contributed by atoms with Gasteiger partial charge in [-0.2, -0.15) is 4.31 Å². The van der Waals surface area contributed by atoms with Crippen LogP contribution in [0.15, 0.2) is 17.0 Å². The van der Waals surface area contributed by atoms with Gasteiger partial charge in [0.15, 0.2) is 0 Å². The number of benzene rings is 1. The first-order valence-electron chi connectivity index (χ1n) is 8.68. The van der Waals surface area contributed by atoms with Gasteiger partial charge in [-0.3, -0.25) is 0 Å². The summed E-state index contributed by atoms with van der Waals surface area (Å²) in [6, 6.07) is 3.28. The van der Waals surface area contributed by atoms with Crippen molar-refractivity contribution in [1.82, 2.24) is 4.31 Å². The molecule has 0 aromatic heterocycles. The molecule has 24 heavy (non-hydrogen) atoms. The minimum Gasteiger partial charge on any atom is -0.492 e. The molecular weight excluding hydrogens is 346 g/mol. The van der Waals surface area contributed by atoms with Crippen LogP contribution in [0.4, 0.5) is 0 Å². The van der Waals surface area contributed by atoms with Gasteiger partial charge in [-0.25, -0.2) is 8.42 Å². The highest BCUT2D eigenvalue weighted by Gasteiger charge is 2.34. The maximum absolute atomic E-state index is 13.2. The first kappa shape index (κ1) is 19.5. The number of hydrogen-bond donors (Lipinski definition) is 0. The Morgan fingerprint density at radius 1 is 1.25 bits per heavy atom. The van der Waals surface area contributed by atoms with Crippen LogP contribution >= 0.6 is 11.6 Å². The van der Waals surface area contributed by atoms with Gasteiger partial charge in [-0.1, -0.05) is 38.8 Å². The zero-order chi connectivity index (χ0) is 17.9. The summed E-state index contributed by atoms with van der Waals surface area (Å²) in [4.78, 5) is 0.190. The van der Waals surface area contributed by atoms with Gasteiger partial charge >= 0.3 is 0 Å². The Bertz CT molecular complexity index is 665. The molecule has 2 atom stereocenters. The molecule has 0 radical (unpaired) electrons. The third-order valence-corrected chi connectivity index (χ3v) is 6.69. The van der Waals surface area contributed by atoms with E-state index in [0.29, 0.717) is 42.3 Å². The Kier molecular flexibility index (Phi) is 6.57. The average Bonchev–Trinajstić information content (AvgIpc) is 2.49. The van der Waals surface area contributed by atoms with Gasteiger partial charge in [0.05, 0.1) is 6.61 Å². The molecule has 4 nitrogen and oxygen atoms in total. The SMILES string of the molecule is CCCCOc1cc(C)c(Cl)cc1S(=O)(=O)N1C[C@H](C)C[C@H](C)C1. The maximum Gasteiger partial charge on any atom is 0.246 e. The lowest BCUT2D eigenvalue weighted by atomic mass is 9.94. The third kappa shape index (κ3) is 4.44. The number of halogens is 1. The standard InChI is InChI=1S/C18H28ClNO3S/c1-5-6-7-23-17-9-15(4)16(19)10-18(17)24(21,22)20-11-13(2)8-14(3)12-20/h9-10,13-14H,5-8,11-12H2,1-4H3/t13-,14+. The quantitative estimate of drug-likeness (QED) is 0.690. The summed E-state index contributed by atoms with van der Waals surface area (Å²) in [5.74, 6) is 1.12. The van der Waals surface area contributed by atoms with Crippen molar-refractivity contribution in [2.45, 2.75) is 51.9 Å². The van der Waals surface area contributed by atoms with Crippen molar-refractivity contribution in [3.8, 4) is 5.75 Å². The summed E-state index contributed by atoms with van der Waals surface area (Å²) >= 11 is 6.21. The van der Waals surface area contributed by atoms with Crippen molar-refractivity contribution < 1.29 is 13.2 Å². The zero-order valence-electron chi connectivity index (χ0n) is 15.0. The van der Waals surface area contributed by atoms with E-state index in [-0.39, 0.29) is 4.90 Å². The lowest BCUT2D eigenvalue weighted by Gasteiger charge is -2.34. The predicted molar refractivity (Wildman–Crippen MR) is 98.3 cm³/mol. The van der Waals surface area contributed by atoms with E-state index >= 15 is 0 Å². The van der Waals surface area contributed by atoms with Crippen molar-refractivity contribution in [2.24, 2.45) is 11.8 Å². The van der Waals surface area contributed by atoms with Gasteiger partial charge in [0.25, 0.3) is 0 Å². The first-order valence-corrected chi connectivity index (χ1v) is 10.5. The van der Waals surface area contributed by atoms with Crippen LogP contribution in [0.25, 0.3) is 0 Å². The first-order chi connectivity index (χ1) is 11.3. The number of hydrogen-bond acceptors (Lipinski definition) is 3. The molecular formula is C18H28ClNO3S. The second-order valence-corrected chi connectivity index (χ2v) is 9.33. The Hall–Kier alpha value is -0.780. The van der Waals surface area contributed by atoms with Crippen LogP contribution in [0, 0.1) is 18.8 Å². The molecule has 136 valence electrons. The smallest absolute Gasteiger partial charge is 0.246 e. The van der Waals surface area contributed by atoms with E-state index in [0.717, 1.165) is 24.8 Å². The molecule has 1 heterocycles. The molecule has 0 spiro atoms. The van der Waals surface area contributed by atoms with Gasteiger partial charge < -0.3 is 4.74 Å². The molecule has 1 aromatic rings. The van der Waals surface area contributed by atoms with Crippen LogP contribution in [-0.2, 0) is 10.0 Å². The largest absolute Gasteiger partial charge is 0.492 e. The van der Waals surface area contributed by atoms with E-state index in [4.69, 9.17) is 16.3 Å². The topological polar surface area (TPSA) is 46.6 Å². The summed E-state index contributed by atoms with van der Waals surface area (Å²) in [5.41, 5.74) is 0.822. The Labute approximate surface area is 151 Å². The fourth-order valence-electron chi connectivity index (χ4n) is 3.22. The molecule has 1 aliphatic heterocycles. The van der Waals surface area contributed by atoms with Crippen LogP contribution < -0.4 is 4.74 Å². The number of nitrogens with zero attached hydrogens (tertiary/aromatic N) is 1. The van der Waals surface area contributed by atoms with Crippen LogP contribution in [0.5, 0.6) is 5.75 Å². The van der Waals surface area contributed by atoms with Crippen molar-refractivity contribution in [2.75, 3.05) is 19.7 Å². The summed E-state index contributed by atoms with van der Waals surface area (Å²) in [5, 5.41) is 0.453. The summed E-state index contributed by atoms with van der Waals surface area (Å²) in [6.07, 6.45) is 2.94. The van der Waals surface area contributed by atoms with Crippen LogP contribution in [0.2, 0.25) is 5.02 Å². The molecule has 0 saturated carbocycles. The minimum absolute atomic E-state index is 0.190. The minimum atomic E-state index is -3.61. The van der Waals surface area contributed by atoms with Crippen molar-refractivity contribution in [3.05, 3.63) is 22.7 Å². The molecule has 1 aromatic carbocycles.